The number of anilines is 1. The van der Waals surface area contributed by atoms with Crippen LogP contribution < -0.4 is 20.3 Å². The number of nitrogens with one attached hydrogen (secondary N) is 2. The molecule has 29 heavy (non-hydrogen) atoms. The Morgan fingerprint density at radius 2 is 2.00 bits per heavy atom. The molecular formula is C20H23N5O4. The summed E-state index contributed by atoms with van der Waals surface area (Å²) in [6, 6.07) is 6.72. The zero-order chi connectivity index (χ0) is 21.1. The van der Waals surface area contributed by atoms with Gasteiger partial charge < -0.3 is 14.8 Å². The molecule has 0 radical (unpaired) electrons. The van der Waals surface area contributed by atoms with Gasteiger partial charge in [-0.2, -0.15) is 9.78 Å². The molecule has 0 spiro atoms. The predicted octanol–water partition coefficient (Wildman–Crippen LogP) is 2.40. The minimum atomic E-state index is -0.411. The van der Waals surface area contributed by atoms with E-state index in [1.54, 1.807) is 38.1 Å². The van der Waals surface area contributed by atoms with Gasteiger partial charge in [-0.25, -0.2) is 4.98 Å². The fourth-order valence-corrected chi connectivity index (χ4v) is 3.11. The van der Waals surface area contributed by atoms with E-state index in [0.29, 0.717) is 46.3 Å². The molecule has 1 amide bonds. The number of aromatic amines is 1. The van der Waals surface area contributed by atoms with Crippen LogP contribution in [0.1, 0.15) is 34.2 Å². The maximum absolute atomic E-state index is 12.9. The highest BCUT2D eigenvalue weighted by Crippen LogP contribution is 2.31. The fourth-order valence-electron chi connectivity index (χ4n) is 3.11. The van der Waals surface area contributed by atoms with Gasteiger partial charge >= 0.3 is 0 Å². The fraction of sp³-hybridized carbons (Fsp3) is 0.300. The van der Waals surface area contributed by atoms with Gasteiger partial charge in [0.2, 0.25) is 5.95 Å². The van der Waals surface area contributed by atoms with Crippen LogP contribution in [0.25, 0.3) is 5.95 Å². The third kappa shape index (κ3) is 3.84. The maximum atomic E-state index is 12.9. The molecule has 0 atom stereocenters. The second-order valence-electron chi connectivity index (χ2n) is 6.39. The third-order valence-corrected chi connectivity index (χ3v) is 4.48. The van der Waals surface area contributed by atoms with E-state index in [0.717, 1.165) is 0 Å². The minimum absolute atomic E-state index is 0.227. The Morgan fingerprint density at radius 1 is 1.24 bits per heavy atom. The van der Waals surface area contributed by atoms with Crippen LogP contribution in [-0.4, -0.2) is 39.9 Å². The second kappa shape index (κ2) is 8.17. The highest BCUT2D eigenvalue weighted by Gasteiger charge is 2.20. The van der Waals surface area contributed by atoms with E-state index in [2.05, 4.69) is 20.4 Å². The summed E-state index contributed by atoms with van der Waals surface area (Å²) in [5, 5.41) is 7.16. The van der Waals surface area contributed by atoms with Gasteiger partial charge in [0.25, 0.3) is 11.5 Å². The van der Waals surface area contributed by atoms with Gasteiger partial charge in [0.1, 0.15) is 5.82 Å². The van der Waals surface area contributed by atoms with Crippen molar-refractivity contribution in [3.8, 4) is 17.4 Å². The van der Waals surface area contributed by atoms with E-state index in [1.807, 2.05) is 6.92 Å². The summed E-state index contributed by atoms with van der Waals surface area (Å²) in [5.74, 6) is 0.951. The molecular weight excluding hydrogens is 374 g/mol. The summed E-state index contributed by atoms with van der Waals surface area (Å²) in [4.78, 5) is 32.4. The molecule has 2 heterocycles. The molecule has 3 aromatic rings. The largest absolute Gasteiger partial charge is 0.493 e. The molecule has 152 valence electrons. The van der Waals surface area contributed by atoms with Gasteiger partial charge in [-0.1, -0.05) is 13.0 Å². The van der Waals surface area contributed by atoms with Crippen molar-refractivity contribution >= 4 is 11.7 Å². The first-order valence-corrected chi connectivity index (χ1v) is 9.08. The van der Waals surface area contributed by atoms with Crippen molar-refractivity contribution in [2.75, 3.05) is 19.5 Å². The number of aryl methyl sites for hydroxylation is 2. The summed E-state index contributed by atoms with van der Waals surface area (Å²) in [6.07, 6.45) is 0.575. The van der Waals surface area contributed by atoms with E-state index in [4.69, 9.17) is 9.47 Å². The molecule has 0 aliphatic carbocycles. The summed E-state index contributed by atoms with van der Waals surface area (Å²) in [6.45, 7) is 5.45. The number of carbonyl (C=O) groups is 1. The van der Waals surface area contributed by atoms with Crippen LogP contribution >= 0.6 is 0 Å². The molecule has 9 heteroatoms. The number of benzene rings is 1. The monoisotopic (exact) mass is 397 g/mol. The Morgan fingerprint density at radius 3 is 2.62 bits per heavy atom. The standard InChI is InChI=1S/C20H23N5O4/c1-6-13-12(3)21-20(23-18(13)26)25-16(10-11(2)24-25)22-19(27)14-8-7-9-15(28-4)17(14)29-5/h7-10H,6H2,1-5H3,(H,22,27)(H,21,23,26). The van der Waals surface area contributed by atoms with Gasteiger partial charge in [-0.05, 0) is 32.4 Å². The molecule has 0 saturated heterocycles. The van der Waals surface area contributed by atoms with Crippen LogP contribution in [-0.2, 0) is 6.42 Å². The lowest BCUT2D eigenvalue weighted by Crippen LogP contribution is -2.22. The first kappa shape index (κ1) is 20.1. The molecule has 0 aliphatic rings. The summed E-state index contributed by atoms with van der Waals surface area (Å²) >= 11 is 0. The smallest absolute Gasteiger partial charge is 0.260 e. The number of aromatic nitrogens is 4. The average molecular weight is 397 g/mol. The predicted molar refractivity (Wildman–Crippen MR) is 108 cm³/mol. The van der Waals surface area contributed by atoms with Crippen molar-refractivity contribution in [2.45, 2.75) is 27.2 Å². The van der Waals surface area contributed by atoms with Crippen molar-refractivity contribution in [2.24, 2.45) is 0 Å². The van der Waals surface area contributed by atoms with Crippen molar-refractivity contribution < 1.29 is 14.3 Å². The Hall–Kier alpha value is -3.62. The Bertz CT molecular complexity index is 1120. The SMILES string of the molecule is CCc1c(C)nc(-n2nc(C)cc2NC(=O)c2cccc(OC)c2OC)[nH]c1=O. The number of carbonyl (C=O) groups excluding carboxylic acids is 1. The van der Waals surface area contributed by atoms with Crippen molar-refractivity contribution in [3.63, 3.8) is 0 Å². The van der Waals surface area contributed by atoms with Gasteiger partial charge in [-0.15, -0.1) is 0 Å². The third-order valence-electron chi connectivity index (χ3n) is 4.48. The average Bonchev–Trinajstić information content (AvgIpc) is 3.06. The van der Waals surface area contributed by atoms with Crippen molar-refractivity contribution in [1.82, 2.24) is 19.7 Å². The first-order chi connectivity index (χ1) is 13.9. The van der Waals surface area contributed by atoms with Crippen LogP contribution in [0.4, 0.5) is 5.82 Å². The number of ether oxygens (including phenoxy) is 2. The van der Waals surface area contributed by atoms with E-state index in [9.17, 15) is 9.59 Å². The number of hydrogen-bond acceptors (Lipinski definition) is 6. The summed E-state index contributed by atoms with van der Waals surface area (Å²) in [7, 11) is 2.97. The number of para-hydroxylation sites is 1. The Labute approximate surface area is 167 Å². The zero-order valence-electron chi connectivity index (χ0n) is 17.0. The highest BCUT2D eigenvalue weighted by molar-refractivity contribution is 6.06. The van der Waals surface area contributed by atoms with Gasteiger partial charge in [0, 0.05) is 17.3 Å². The van der Waals surface area contributed by atoms with Gasteiger partial charge in [-0.3, -0.25) is 14.6 Å². The van der Waals surface area contributed by atoms with Crippen molar-refractivity contribution in [1.29, 1.82) is 0 Å². The lowest BCUT2D eigenvalue weighted by atomic mass is 10.1. The number of methoxy groups -OCH3 is 2. The molecule has 0 aliphatic heterocycles. The quantitative estimate of drug-likeness (QED) is 0.661. The summed E-state index contributed by atoms with van der Waals surface area (Å²) < 4.78 is 12.0. The number of H-pyrrole nitrogens is 1. The molecule has 9 nitrogen and oxygen atoms in total. The number of nitrogens with zero attached hydrogens (tertiary/aromatic N) is 3. The van der Waals surface area contributed by atoms with Crippen LogP contribution in [0.3, 0.4) is 0 Å². The Balaban J connectivity index is 2.01. The molecule has 3 rings (SSSR count). The molecule has 0 bridgehead atoms. The number of hydrogen-bond donors (Lipinski definition) is 2. The lowest BCUT2D eigenvalue weighted by molar-refractivity contribution is 0.102. The molecule has 0 saturated carbocycles. The van der Waals surface area contributed by atoms with Crippen LogP contribution in [0.15, 0.2) is 29.1 Å². The summed E-state index contributed by atoms with van der Waals surface area (Å²) in [5.41, 5.74) is 1.96. The van der Waals surface area contributed by atoms with E-state index in [-0.39, 0.29) is 11.5 Å². The van der Waals surface area contributed by atoms with Crippen LogP contribution in [0.2, 0.25) is 0 Å². The van der Waals surface area contributed by atoms with Crippen LogP contribution in [0.5, 0.6) is 11.5 Å². The molecule has 0 fully saturated rings. The van der Waals surface area contributed by atoms with Gasteiger partial charge in [0.15, 0.2) is 11.5 Å². The Kier molecular flexibility index (Phi) is 5.67. The van der Waals surface area contributed by atoms with E-state index < -0.39 is 5.91 Å². The molecule has 0 unspecified atom stereocenters. The second-order valence-corrected chi connectivity index (χ2v) is 6.39. The highest BCUT2D eigenvalue weighted by atomic mass is 16.5. The number of rotatable bonds is 6. The van der Waals surface area contributed by atoms with Crippen LogP contribution in [0, 0.1) is 13.8 Å². The zero-order valence-corrected chi connectivity index (χ0v) is 17.0. The van der Waals surface area contributed by atoms with E-state index in [1.165, 1.54) is 18.9 Å². The lowest BCUT2D eigenvalue weighted by Gasteiger charge is -2.13. The molecule has 2 aromatic heterocycles. The molecule has 1 aromatic carbocycles. The minimum Gasteiger partial charge on any atom is -0.493 e. The van der Waals surface area contributed by atoms with Gasteiger partial charge in [0.05, 0.1) is 25.5 Å². The topological polar surface area (TPSA) is 111 Å². The van der Waals surface area contributed by atoms with E-state index >= 15 is 0 Å². The molecule has 2 N–H and O–H groups in total. The maximum Gasteiger partial charge on any atom is 0.260 e. The number of amides is 1. The van der Waals surface area contributed by atoms with Crippen molar-refractivity contribution in [3.05, 3.63) is 57.1 Å². The normalized spacial score (nSPS) is 10.7. The first-order valence-electron chi connectivity index (χ1n) is 9.08.